The largest absolute Gasteiger partial charge is 0.444 e. The molecule has 130 valence electrons. The van der Waals surface area contributed by atoms with Crippen LogP contribution in [0.5, 0.6) is 0 Å². The van der Waals surface area contributed by atoms with Gasteiger partial charge in [-0.15, -0.1) is 0 Å². The molecule has 0 spiro atoms. The van der Waals surface area contributed by atoms with Crippen LogP contribution >= 0.6 is 15.9 Å². The molecule has 0 unspecified atom stereocenters. The van der Waals surface area contributed by atoms with Gasteiger partial charge in [-0.1, -0.05) is 0 Å². The number of nitrogens with zero attached hydrogens (tertiary/aromatic N) is 1. The van der Waals surface area contributed by atoms with Gasteiger partial charge in [0, 0.05) is 13.0 Å². The van der Waals surface area contributed by atoms with Gasteiger partial charge in [0.05, 0.1) is 15.4 Å². The molecule has 2 aromatic rings. The molecular weight excluding hydrogens is 381 g/mol. The van der Waals surface area contributed by atoms with Crippen molar-refractivity contribution in [3.8, 4) is 0 Å². The summed E-state index contributed by atoms with van der Waals surface area (Å²) in [6, 6.07) is 2.63. The first-order valence-corrected chi connectivity index (χ1v) is 8.30. The predicted octanol–water partition coefficient (Wildman–Crippen LogP) is 3.28. The smallest absolute Gasteiger partial charge is 0.407 e. The average Bonchev–Trinajstić information content (AvgIpc) is 2.44. The van der Waals surface area contributed by atoms with Gasteiger partial charge in [0.25, 0.3) is 5.56 Å². The number of fused-ring (bicyclic) bond motifs is 1. The first-order valence-electron chi connectivity index (χ1n) is 7.50. The van der Waals surface area contributed by atoms with Crippen LogP contribution in [0, 0.1) is 5.82 Å². The number of H-pyrrole nitrogens is 1. The van der Waals surface area contributed by atoms with Crippen LogP contribution in [0.4, 0.5) is 9.18 Å². The normalized spacial score (nSPS) is 11.5. The highest BCUT2D eigenvalue weighted by Gasteiger charge is 2.15. The van der Waals surface area contributed by atoms with E-state index >= 15 is 0 Å². The van der Waals surface area contributed by atoms with Crippen molar-refractivity contribution in [1.29, 1.82) is 0 Å². The fraction of sp³-hybridized carbons (Fsp3) is 0.438. The van der Waals surface area contributed by atoms with Crippen molar-refractivity contribution >= 4 is 32.9 Å². The van der Waals surface area contributed by atoms with Crippen LogP contribution in [0.2, 0.25) is 0 Å². The van der Waals surface area contributed by atoms with Crippen LogP contribution in [-0.2, 0) is 11.2 Å². The summed E-state index contributed by atoms with van der Waals surface area (Å²) in [5.41, 5.74) is -0.513. The number of aromatic amines is 1. The first kappa shape index (κ1) is 18.4. The number of amides is 1. The van der Waals surface area contributed by atoms with E-state index in [0.717, 1.165) is 6.07 Å². The molecule has 0 radical (unpaired) electrons. The van der Waals surface area contributed by atoms with Crippen LogP contribution in [0.3, 0.4) is 0 Å². The Bertz CT molecular complexity index is 815. The average molecular weight is 400 g/mol. The number of hydrogen-bond donors (Lipinski definition) is 2. The van der Waals surface area contributed by atoms with Gasteiger partial charge >= 0.3 is 6.09 Å². The van der Waals surface area contributed by atoms with E-state index in [4.69, 9.17) is 4.74 Å². The minimum absolute atomic E-state index is 0.200. The second-order valence-electron chi connectivity index (χ2n) is 6.33. The zero-order valence-electron chi connectivity index (χ0n) is 13.7. The summed E-state index contributed by atoms with van der Waals surface area (Å²) in [5.74, 6) is -0.0268. The summed E-state index contributed by atoms with van der Waals surface area (Å²) >= 11 is 3.08. The Balaban J connectivity index is 1.97. The van der Waals surface area contributed by atoms with Crippen molar-refractivity contribution in [2.24, 2.45) is 0 Å². The summed E-state index contributed by atoms with van der Waals surface area (Å²) in [5, 5.41) is 2.84. The maximum atomic E-state index is 13.5. The van der Waals surface area contributed by atoms with E-state index in [2.05, 4.69) is 31.2 Å². The van der Waals surface area contributed by atoms with Gasteiger partial charge in [0.2, 0.25) is 0 Å². The number of halogens is 2. The highest BCUT2D eigenvalue weighted by atomic mass is 79.9. The lowest BCUT2D eigenvalue weighted by molar-refractivity contribution is 0.0527. The molecule has 1 aromatic carbocycles. The van der Waals surface area contributed by atoms with E-state index in [1.54, 1.807) is 20.8 Å². The third-order valence-corrected chi connectivity index (χ3v) is 3.66. The number of hydrogen-bond acceptors (Lipinski definition) is 4. The number of rotatable bonds is 4. The Labute approximate surface area is 146 Å². The molecule has 24 heavy (non-hydrogen) atoms. The zero-order valence-corrected chi connectivity index (χ0v) is 15.3. The third kappa shape index (κ3) is 5.02. The standard InChI is InChI=1S/C16H19BrFN3O3/c1-16(2,3)24-15(23)19-6-4-5-13-20-12-8-10(17)11(18)7-9(12)14(22)21-13/h7-8H,4-6H2,1-3H3,(H,19,23)(H,20,21,22). The highest BCUT2D eigenvalue weighted by Crippen LogP contribution is 2.20. The van der Waals surface area contributed by atoms with Crippen molar-refractivity contribution in [3.05, 3.63) is 38.6 Å². The van der Waals surface area contributed by atoms with Gasteiger partial charge in [0.1, 0.15) is 17.2 Å². The molecule has 0 aliphatic rings. The maximum Gasteiger partial charge on any atom is 0.407 e. The van der Waals surface area contributed by atoms with E-state index in [9.17, 15) is 14.0 Å². The van der Waals surface area contributed by atoms with Crippen molar-refractivity contribution in [2.45, 2.75) is 39.2 Å². The Hall–Kier alpha value is -1.96. The van der Waals surface area contributed by atoms with Gasteiger partial charge < -0.3 is 15.0 Å². The lowest BCUT2D eigenvalue weighted by atomic mass is 10.2. The van der Waals surface area contributed by atoms with Crippen LogP contribution < -0.4 is 10.9 Å². The van der Waals surface area contributed by atoms with E-state index in [1.165, 1.54) is 6.07 Å². The Morgan fingerprint density at radius 3 is 2.79 bits per heavy atom. The maximum absolute atomic E-state index is 13.5. The van der Waals surface area contributed by atoms with Crippen molar-refractivity contribution in [3.63, 3.8) is 0 Å². The Kier molecular flexibility index (Phi) is 5.58. The minimum Gasteiger partial charge on any atom is -0.444 e. The van der Waals surface area contributed by atoms with Gasteiger partial charge in [-0.25, -0.2) is 14.2 Å². The van der Waals surface area contributed by atoms with Crippen molar-refractivity contribution in [2.75, 3.05) is 6.54 Å². The first-order chi connectivity index (χ1) is 11.2. The van der Waals surface area contributed by atoms with Gasteiger partial charge in [-0.05, 0) is 55.3 Å². The summed E-state index contributed by atoms with van der Waals surface area (Å²) < 4.78 is 18.9. The molecule has 0 fully saturated rings. The molecule has 6 nitrogen and oxygen atoms in total. The van der Waals surface area contributed by atoms with Crippen LogP contribution in [-0.4, -0.2) is 28.2 Å². The number of alkyl carbamates (subject to hydrolysis) is 1. The van der Waals surface area contributed by atoms with Gasteiger partial charge in [-0.2, -0.15) is 0 Å². The second-order valence-corrected chi connectivity index (χ2v) is 7.18. The van der Waals surface area contributed by atoms with E-state index in [-0.39, 0.29) is 15.4 Å². The molecule has 2 N–H and O–H groups in total. The molecule has 0 atom stereocenters. The number of carbonyl (C=O) groups is 1. The molecule has 0 aliphatic carbocycles. The SMILES string of the molecule is CC(C)(C)OC(=O)NCCCc1nc2cc(Br)c(F)cc2c(=O)[nH]1. The minimum atomic E-state index is -0.544. The van der Waals surface area contributed by atoms with E-state index < -0.39 is 17.5 Å². The van der Waals surface area contributed by atoms with E-state index in [1.807, 2.05) is 0 Å². The fourth-order valence-electron chi connectivity index (χ4n) is 2.06. The summed E-state index contributed by atoms with van der Waals surface area (Å²) in [4.78, 5) is 30.5. The Morgan fingerprint density at radius 2 is 2.12 bits per heavy atom. The summed E-state index contributed by atoms with van der Waals surface area (Å²) in [6.45, 7) is 5.76. The van der Waals surface area contributed by atoms with Crippen LogP contribution in [0.15, 0.2) is 21.4 Å². The van der Waals surface area contributed by atoms with Gasteiger partial charge in [-0.3, -0.25) is 4.79 Å². The monoisotopic (exact) mass is 399 g/mol. The van der Waals surface area contributed by atoms with Crippen molar-refractivity contribution < 1.29 is 13.9 Å². The number of carbonyl (C=O) groups excluding carboxylic acids is 1. The molecule has 0 bridgehead atoms. The summed E-state index contributed by atoms with van der Waals surface area (Å²) in [7, 11) is 0. The molecule has 8 heteroatoms. The molecular formula is C16H19BrFN3O3. The lowest BCUT2D eigenvalue weighted by Crippen LogP contribution is -2.33. The molecule has 0 saturated heterocycles. The van der Waals surface area contributed by atoms with Gasteiger partial charge in [0.15, 0.2) is 0 Å². The molecule has 0 saturated carbocycles. The molecule has 1 amide bonds. The zero-order chi connectivity index (χ0) is 17.9. The predicted molar refractivity (Wildman–Crippen MR) is 92.6 cm³/mol. The summed E-state index contributed by atoms with van der Waals surface area (Å²) in [6.07, 6.45) is 0.563. The van der Waals surface area contributed by atoms with Crippen molar-refractivity contribution in [1.82, 2.24) is 15.3 Å². The van der Waals surface area contributed by atoms with Crippen LogP contribution in [0.1, 0.15) is 33.0 Å². The Morgan fingerprint density at radius 1 is 1.42 bits per heavy atom. The lowest BCUT2D eigenvalue weighted by Gasteiger charge is -2.19. The topological polar surface area (TPSA) is 84.1 Å². The number of aryl methyl sites for hydroxylation is 1. The number of nitrogens with one attached hydrogen (secondary N) is 2. The number of benzene rings is 1. The third-order valence-electron chi connectivity index (χ3n) is 3.06. The molecule has 1 heterocycles. The van der Waals surface area contributed by atoms with E-state index in [0.29, 0.717) is 30.7 Å². The highest BCUT2D eigenvalue weighted by molar-refractivity contribution is 9.10. The van der Waals surface area contributed by atoms with Crippen LogP contribution in [0.25, 0.3) is 10.9 Å². The molecule has 0 aliphatic heterocycles. The quantitative estimate of drug-likeness (QED) is 0.772. The number of aromatic nitrogens is 2. The second kappa shape index (κ2) is 7.29. The fourth-order valence-corrected chi connectivity index (χ4v) is 2.39. The molecule has 2 rings (SSSR count). The molecule has 1 aromatic heterocycles. The number of ether oxygens (including phenoxy) is 1.